The topological polar surface area (TPSA) is 46.6 Å². The van der Waals surface area contributed by atoms with Gasteiger partial charge in [-0.3, -0.25) is 9.59 Å². The number of amides is 1. The lowest BCUT2D eigenvalue weighted by atomic mass is 10.1. The molecule has 1 aliphatic heterocycles. The molecule has 1 amide bonds. The lowest BCUT2D eigenvalue weighted by Crippen LogP contribution is -2.27. The summed E-state index contributed by atoms with van der Waals surface area (Å²) in [6.45, 7) is 1.90. The minimum absolute atomic E-state index is 0.0813. The van der Waals surface area contributed by atoms with Gasteiger partial charge in [0, 0.05) is 23.5 Å². The van der Waals surface area contributed by atoms with Crippen LogP contribution in [0.25, 0.3) is 10.8 Å². The first kappa shape index (κ1) is 19.5. The van der Waals surface area contributed by atoms with Crippen LogP contribution in [0, 0.1) is 0 Å². The van der Waals surface area contributed by atoms with Crippen LogP contribution in [0.5, 0.6) is 0 Å². The van der Waals surface area contributed by atoms with Crippen LogP contribution in [-0.4, -0.2) is 35.6 Å². The second-order valence-electron chi connectivity index (χ2n) is 7.15. The maximum absolute atomic E-state index is 12.4. The van der Waals surface area contributed by atoms with Gasteiger partial charge in [0.05, 0.1) is 5.75 Å². The number of likely N-dealkylation sites (tertiary alicyclic amines) is 1. The summed E-state index contributed by atoms with van der Waals surface area (Å²) < 4.78 is 5.38. The number of thioether (sulfide) groups is 1. The van der Waals surface area contributed by atoms with E-state index in [4.69, 9.17) is 4.74 Å². The van der Waals surface area contributed by atoms with Gasteiger partial charge in [-0.2, -0.15) is 0 Å². The van der Waals surface area contributed by atoms with Crippen LogP contribution in [0.3, 0.4) is 0 Å². The molecule has 1 aliphatic rings. The predicted molar refractivity (Wildman–Crippen MR) is 116 cm³/mol. The SMILES string of the molecule is O=C(CSc1ccc2ccccc2c1)OCc1ccc(C(=O)N2CCCC2)cc1. The Labute approximate surface area is 174 Å². The summed E-state index contributed by atoms with van der Waals surface area (Å²) in [6, 6.07) is 21.7. The van der Waals surface area contributed by atoms with E-state index in [9.17, 15) is 9.59 Å². The average Bonchev–Trinajstić information content (AvgIpc) is 3.31. The molecule has 0 atom stereocenters. The highest BCUT2D eigenvalue weighted by atomic mass is 32.2. The zero-order valence-corrected chi connectivity index (χ0v) is 17.0. The number of hydrogen-bond donors (Lipinski definition) is 0. The fourth-order valence-electron chi connectivity index (χ4n) is 3.45. The van der Waals surface area contributed by atoms with Gasteiger partial charge in [-0.25, -0.2) is 0 Å². The zero-order valence-electron chi connectivity index (χ0n) is 16.2. The number of benzene rings is 3. The highest BCUT2D eigenvalue weighted by Crippen LogP contribution is 2.24. The molecule has 0 aromatic heterocycles. The molecule has 0 N–H and O–H groups in total. The maximum Gasteiger partial charge on any atom is 0.316 e. The lowest BCUT2D eigenvalue weighted by Gasteiger charge is -2.15. The first-order valence-electron chi connectivity index (χ1n) is 9.84. The molecule has 3 aromatic carbocycles. The van der Waals surface area contributed by atoms with Crippen LogP contribution in [0.2, 0.25) is 0 Å². The summed E-state index contributed by atoms with van der Waals surface area (Å²) in [5.41, 5.74) is 1.57. The molecule has 1 heterocycles. The van der Waals surface area contributed by atoms with Crippen LogP contribution < -0.4 is 0 Å². The molecule has 4 nitrogen and oxygen atoms in total. The van der Waals surface area contributed by atoms with E-state index < -0.39 is 0 Å². The van der Waals surface area contributed by atoms with Crippen molar-refractivity contribution in [1.29, 1.82) is 0 Å². The van der Waals surface area contributed by atoms with Gasteiger partial charge >= 0.3 is 5.97 Å². The average molecular weight is 406 g/mol. The number of fused-ring (bicyclic) bond motifs is 1. The number of rotatable bonds is 6. The normalized spacial score (nSPS) is 13.6. The molecule has 1 fully saturated rings. The Bertz CT molecular complexity index is 1010. The van der Waals surface area contributed by atoms with E-state index in [1.807, 2.05) is 47.4 Å². The summed E-state index contributed by atoms with van der Waals surface area (Å²) in [4.78, 5) is 27.4. The van der Waals surface area contributed by atoms with Gasteiger partial charge in [-0.05, 0) is 53.4 Å². The Morgan fingerprint density at radius 2 is 1.62 bits per heavy atom. The third kappa shape index (κ3) is 4.98. The van der Waals surface area contributed by atoms with Crippen LogP contribution in [0.4, 0.5) is 0 Å². The smallest absolute Gasteiger partial charge is 0.316 e. The lowest BCUT2D eigenvalue weighted by molar-refractivity contribution is -0.141. The molecule has 4 rings (SSSR count). The predicted octanol–water partition coefficient (Wildman–Crippen LogP) is 4.91. The number of carbonyl (C=O) groups is 2. The Morgan fingerprint density at radius 1 is 0.897 bits per heavy atom. The van der Waals surface area contributed by atoms with Crippen LogP contribution in [0.1, 0.15) is 28.8 Å². The monoisotopic (exact) mass is 405 g/mol. The van der Waals surface area contributed by atoms with Gasteiger partial charge in [0.15, 0.2) is 0 Å². The van der Waals surface area contributed by atoms with E-state index in [2.05, 4.69) is 24.3 Å². The van der Waals surface area contributed by atoms with Crippen LogP contribution in [-0.2, 0) is 16.1 Å². The van der Waals surface area contributed by atoms with Gasteiger partial charge < -0.3 is 9.64 Å². The zero-order chi connectivity index (χ0) is 20.1. The van der Waals surface area contributed by atoms with Gasteiger partial charge in [-0.15, -0.1) is 11.8 Å². The van der Waals surface area contributed by atoms with Crippen LogP contribution >= 0.6 is 11.8 Å². The second kappa shape index (κ2) is 9.14. The minimum atomic E-state index is -0.250. The molecule has 29 heavy (non-hydrogen) atoms. The highest BCUT2D eigenvalue weighted by molar-refractivity contribution is 8.00. The molecule has 0 radical (unpaired) electrons. The molecule has 0 unspecified atom stereocenters. The number of ether oxygens (including phenoxy) is 1. The molecule has 3 aromatic rings. The van der Waals surface area contributed by atoms with Crippen molar-refractivity contribution in [3.8, 4) is 0 Å². The third-order valence-corrected chi connectivity index (χ3v) is 6.04. The Hall–Kier alpha value is -2.79. The Balaban J connectivity index is 1.26. The molecule has 1 saturated heterocycles. The van der Waals surface area contributed by atoms with Crippen molar-refractivity contribution < 1.29 is 14.3 Å². The fraction of sp³-hybridized carbons (Fsp3) is 0.250. The summed E-state index contributed by atoms with van der Waals surface area (Å²) in [5.74, 6) is 0.0994. The van der Waals surface area contributed by atoms with Crippen molar-refractivity contribution in [2.45, 2.75) is 24.3 Å². The van der Waals surface area contributed by atoms with E-state index in [0.717, 1.165) is 41.8 Å². The van der Waals surface area contributed by atoms with Crippen LogP contribution in [0.15, 0.2) is 71.6 Å². The number of esters is 1. The molecule has 0 spiro atoms. The van der Waals surface area contributed by atoms with Crippen molar-refractivity contribution in [2.75, 3.05) is 18.8 Å². The third-order valence-electron chi connectivity index (χ3n) is 5.07. The van der Waals surface area contributed by atoms with Gasteiger partial charge in [-0.1, -0.05) is 42.5 Å². The molecular formula is C24H23NO3S. The Kier molecular flexibility index (Phi) is 6.15. The van der Waals surface area contributed by atoms with E-state index in [-0.39, 0.29) is 24.2 Å². The highest BCUT2D eigenvalue weighted by Gasteiger charge is 2.19. The van der Waals surface area contributed by atoms with Crippen molar-refractivity contribution in [3.63, 3.8) is 0 Å². The van der Waals surface area contributed by atoms with E-state index in [1.165, 1.54) is 17.1 Å². The quantitative estimate of drug-likeness (QED) is 0.432. The van der Waals surface area contributed by atoms with Crippen molar-refractivity contribution in [1.82, 2.24) is 4.90 Å². The first-order chi connectivity index (χ1) is 14.2. The van der Waals surface area contributed by atoms with Gasteiger partial charge in [0.25, 0.3) is 5.91 Å². The number of hydrogen-bond acceptors (Lipinski definition) is 4. The Morgan fingerprint density at radius 3 is 2.38 bits per heavy atom. The van der Waals surface area contributed by atoms with Crippen molar-refractivity contribution in [2.24, 2.45) is 0 Å². The summed E-state index contributed by atoms with van der Waals surface area (Å²) in [5, 5.41) is 2.35. The molecule has 5 heteroatoms. The molecule has 0 saturated carbocycles. The number of carbonyl (C=O) groups excluding carboxylic acids is 2. The van der Waals surface area contributed by atoms with Crippen molar-refractivity contribution >= 4 is 34.4 Å². The second-order valence-corrected chi connectivity index (χ2v) is 8.20. The van der Waals surface area contributed by atoms with E-state index in [1.54, 1.807) is 0 Å². The fourth-order valence-corrected chi connectivity index (χ4v) is 4.19. The number of nitrogens with zero attached hydrogens (tertiary/aromatic N) is 1. The largest absolute Gasteiger partial charge is 0.460 e. The summed E-state index contributed by atoms with van der Waals surface area (Å²) in [6.07, 6.45) is 2.16. The minimum Gasteiger partial charge on any atom is -0.460 e. The molecular weight excluding hydrogens is 382 g/mol. The molecule has 0 aliphatic carbocycles. The van der Waals surface area contributed by atoms with Gasteiger partial charge in [0.2, 0.25) is 0 Å². The molecule has 0 bridgehead atoms. The maximum atomic E-state index is 12.4. The summed E-state index contributed by atoms with van der Waals surface area (Å²) in [7, 11) is 0. The van der Waals surface area contributed by atoms with Crippen molar-refractivity contribution in [3.05, 3.63) is 77.9 Å². The van der Waals surface area contributed by atoms with E-state index >= 15 is 0 Å². The summed E-state index contributed by atoms with van der Waals surface area (Å²) >= 11 is 1.47. The molecule has 148 valence electrons. The first-order valence-corrected chi connectivity index (χ1v) is 10.8. The van der Waals surface area contributed by atoms with Gasteiger partial charge in [0.1, 0.15) is 6.61 Å². The standard InChI is InChI=1S/C24H23NO3S/c26-23(17-29-22-12-11-19-5-1-2-6-21(19)15-22)28-16-18-7-9-20(10-8-18)24(27)25-13-3-4-14-25/h1-2,5-12,15H,3-4,13-14,16-17H2. The van der Waals surface area contributed by atoms with E-state index in [0.29, 0.717) is 5.56 Å².